The summed E-state index contributed by atoms with van der Waals surface area (Å²) in [4.78, 5) is 6.92. The first-order valence-corrected chi connectivity index (χ1v) is 7.97. The fourth-order valence-corrected chi connectivity index (χ4v) is 2.70. The second kappa shape index (κ2) is 7.74. The van der Waals surface area contributed by atoms with Crippen LogP contribution < -0.4 is 5.32 Å². The highest BCUT2D eigenvalue weighted by molar-refractivity contribution is 4.92. The Balaban J connectivity index is 1.89. The van der Waals surface area contributed by atoms with Crippen molar-refractivity contribution in [3.8, 4) is 0 Å². The van der Waals surface area contributed by atoms with Gasteiger partial charge in [-0.05, 0) is 32.4 Å². The van der Waals surface area contributed by atoms with Crippen LogP contribution in [0.2, 0.25) is 0 Å². The standard InChI is InChI=1S/C15H28N4O/c1-4-9-19(10-13-7-5-6-8-16-13)11-14-17-15(12(2)3)18-20-14/h12-13,16H,4-11H2,1-3H3. The molecule has 1 aliphatic heterocycles. The summed E-state index contributed by atoms with van der Waals surface area (Å²) in [6.07, 6.45) is 5.08. The molecule has 0 saturated carbocycles. The summed E-state index contributed by atoms with van der Waals surface area (Å²) in [5, 5.41) is 7.66. The fourth-order valence-electron chi connectivity index (χ4n) is 2.70. The van der Waals surface area contributed by atoms with Gasteiger partial charge in [-0.2, -0.15) is 4.98 Å². The Bertz CT molecular complexity index is 385. The molecule has 0 spiro atoms. The zero-order valence-electron chi connectivity index (χ0n) is 13.1. The van der Waals surface area contributed by atoms with E-state index in [4.69, 9.17) is 4.52 Å². The largest absolute Gasteiger partial charge is 0.338 e. The third-order valence-electron chi connectivity index (χ3n) is 3.79. The Morgan fingerprint density at radius 2 is 2.25 bits per heavy atom. The molecular weight excluding hydrogens is 252 g/mol. The quantitative estimate of drug-likeness (QED) is 0.832. The zero-order valence-corrected chi connectivity index (χ0v) is 13.1. The summed E-state index contributed by atoms with van der Waals surface area (Å²) >= 11 is 0. The average molecular weight is 280 g/mol. The van der Waals surface area contributed by atoms with Gasteiger partial charge in [0.25, 0.3) is 0 Å². The second-order valence-electron chi connectivity index (χ2n) is 6.08. The van der Waals surface area contributed by atoms with Gasteiger partial charge in [-0.1, -0.05) is 32.3 Å². The van der Waals surface area contributed by atoms with Gasteiger partial charge in [0, 0.05) is 18.5 Å². The van der Waals surface area contributed by atoms with Crippen molar-refractivity contribution in [1.29, 1.82) is 0 Å². The van der Waals surface area contributed by atoms with Crippen LogP contribution in [-0.2, 0) is 6.54 Å². The average Bonchev–Trinajstić information content (AvgIpc) is 2.89. The maximum absolute atomic E-state index is 5.37. The van der Waals surface area contributed by atoms with Crippen molar-refractivity contribution in [2.75, 3.05) is 19.6 Å². The molecule has 0 amide bonds. The molecule has 1 aromatic rings. The summed E-state index contributed by atoms with van der Waals surface area (Å²) in [6, 6.07) is 0.614. The first kappa shape index (κ1) is 15.4. The van der Waals surface area contributed by atoms with E-state index in [9.17, 15) is 0 Å². The number of nitrogens with zero attached hydrogens (tertiary/aromatic N) is 3. The summed E-state index contributed by atoms with van der Waals surface area (Å²) in [7, 11) is 0. The Morgan fingerprint density at radius 1 is 1.40 bits per heavy atom. The van der Waals surface area contributed by atoms with Crippen molar-refractivity contribution in [1.82, 2.24) is 20.4 Å². The molecule has 1 aliphatic rings. The monoisotopic (exact) mass is 280 g/mol. The first-order valence-electron chi connectivity index (χ1n) is 7.97. The maximum atomic E-state index is 5.37. The van der Waals surface area contributed by atoms with Crippen LogP contribution in [-0.4, -0.2) is 40.7 Å². The van der Waals surface area contributed by atoms with E-state index in [0.29, 0.717) is 12.0 Å². The minimum atomic E-state index is 0.326. The number of rotatable bonds is 7. The van der Waals surface area contributed by atoms with Crippen LogP contribution in [0.3, 0.4) is 0 Å². The number of hydrogen-bond donors (Lipinski definition) is 1. The minimum Gasteiger partial charge on any atom is -0.338 e. The van der Waals surface area contributed by atoms with Gasteiger partial charge < -0.3 is 9.84 Å². The molecule has 114 valence electrons. The highest BCUT2D eigenvalue weighted by Gasteiger charge is 2.18. The van der Waals surface area contributed by atoms with Crippen molar-refractivity contribution in [3.05, 3.63) is 11.7 Å². The molecular formula is C15H28N4O. The lowest BCUT2D eigenvalue weighted by atomic mass is 10.0. The molecule has 1 unspecified atom stereocenters. The van der Waals surface area contributed by atoms with Crippen molar-refractivity contribution in [2.45, 2.75) is 65.0 Å². The summed E-state index contributed by atoms with van der Waals surface area (Å²) in [5.41, 5.74) is 0. The van der Waals surface area contributed by atoms with E-state index in [1.807, 2.05) is 0 Å². The molecule has 20 heavy (non-hydrogen) atoms. The molecule has 0 bridgehead atoms. The van der Waals surface area contributed by atoms with Crippen molar-refractivity contribution >= 4 is 0 Å². The van der Waals surface area contributed by atoms with Gasteiger partial charge in [0.15, 0.2) is 5.82 Å². The normalized spacial score (nSPS) is 19.9. The molecule has 0 aromatic carbocycles. The Labute approximate surface area is 122 Å². The molecule has 2 heterocycles. The Morgan fingerprint density at radius 3 is 2.85 bits per heavy atom. The van der Waals surface area contributed by atoms with Crippen LogP contribution in [0.4, 0.5) is 0 Å². The molecule has 0 aliphatic carbocycles. The molecule has 1 aromatic heterocycles. The highest BCUT2D eigenvalue weighted by Crippen LogP contribution is 2.13. The summed E-state index contributed by atoms with van der Waals surface area (Å²) in [5.74, 6) is 1.89. The van der Waals surface area contributed by atoms with Gasteiger partial charge in [0.1, 0.15) is 0 Å². The Kier molecular flexibility index (Phi) is 5.98. The van der Waals surface area contributed by atoms with E-state index in [1.54, 1.807) is 0 Å². The van der Waals surface area contributed by atoms with Crippen LogP contribution in [0.15, 0.2) is 4.52 Å². The van der Waals surface area contributed by atoms with Gasteiger partial charge in [-0.25, -0.2) is 0 Å². The second-order valence-corrected chi connectivity index (χ2v) is 6.08. The molecule has 5 heteroatoms. The predicted molar refractivity (Wildman–Crippen MR) is 79.6 cm³/mol. The Hall–Kier alpha value is -0.940. The van der Waals surface area contributed by atoms with Gasteiger partial charge in [0.2, 0.25) is 5.89 Å². The predicted octanol–water partition coefficient (Wildman–Crippen LogP) is 2.55. The fraction of sp³-hybridized carbons (Fsp3) is 0.867. The van der Waals surface area contributed by atoms with Crippen molar-refractivity contribution in [3.63, 3.8) is 0 Å². The van der Waals surface area contributed by atoms with Crippen LogP contribution >= 0.6 is 0 Å². The van der Waals surface area contributed by atoms with Crippen LogP contribution in [0.25, 0.3) is 0 Å². The molecule has 1 fully saturated rings. The zero-order chi connectivity index (χ0) is 14.4. The highest BCUT2D eigenvalue weighted by atomic mass is 16.5. The van der Waals surface area contributed by atoms with Crippen LogP contribution in [0.1, 0.15) is 64.1 Å². The number of aromatic nitrogens is 2. The molecule has 0 radical (unpaired) electrons. The minimum absolute atomic E-state index is 0.326. The first-order chi connectivity index (χ1) is 9.69. The lowest BCUT2D eigenvalue weighted by molar-refractivity contribution is 0.193. The maximum Gasteiger partial charge on any atom is 0.240 e. The lowest BCUT2D eigenvalue weighted by Gasteiger charge is -2.29. The van der Waals surface area contributed by atoms with E-state index < -0.39 is 0 Å². The number of piperidine rings is 1. The van der Waals surface area contributed by atoms with Crippen molar-refractivity contribution < 1.29 is 4.52 Å². The smallest absolute Gasteiger partial charge is 0.240 e. The number of nitrogens with one attached hydrogen (secondary N) is 1. The topological polar surface area (TPSA) is 54.2 Å². The van der Waals surface area contributed by atoms with E-state index in [-0.39, 0.29) is 0 Å². The van der Waals surface area contributed by atoms with Gasteiger partial charge in [-0.3, -0.25) is 4.90 Å². The van der Waals surface area contributed by atoms with Gasteiger partial charge >= 0.3 is 0 Å². The van der Waals surface area contributed by atoms with Gasteiger partial charge in [0.05, 0.1) is 6.54 Å². The third-order valence-corrected chi connectivity index (χ3v) is 3.79. The lowest BCUT2D eigenvalue weighted by Crippen LogP contribution is -2.43. The van der Waals surface area contributed by atoms with E-state index in [0.717, 1.165) is 44.3 Å². The van der Waals surface area contributed by atoms with E-state index in [1.165, 1.54) is 19.3 Å². The molecule has 2 rings (SSSR count). The molecule has 5 nitrogen and oxygen atoms in total. The van der Waals surface area contributed by atoms with Crippen molar-refractivity contribution in [2.24, 2.45) is 0 Å². The molecule has 1 atom stereocenters. The van der Waals surface area contributed by atoms with Crippen LogP contribution in [0, 0.1) is 0 Å². The SMILES string of the molecule is CCCN(Cc1nc(C(C)C)no1)CC1CCCCN1. The van der Waals surface area contributed by atoms with E-state index >= 15 is 0 Å². The van der Waals surface area contributed by atoms with E-state index in [2.05, 4.69) is 41.1 Å². The summed E-state index contributed by atoms with van der Waals surface area (Å²) < 4.78 is 5.37. The molecule has 1 saturated heterocycles. The molecule has 1 N–H and O–H groups in total. The summed E-state index contributed by atoms with van der Waals surface area (Å²) in [6.45, 7) is 10.5. The van der Waals surface area contributed by atoms with Crippen LogP contribution in [0.5, 0.6) is 0 Å². The third kappa shape index (κ3) is 4.56. The van der Waals surface area contributed by atoms with Gasteiger partial charge in [-0.15, -0.1) is 0 Å². The number of hydrogen-bond acceptors (Lipinski definition) is 5.